The Kier molecular flexibility index (Phi) is 26.0. The molecule has 0 aromatic heterocycles. The molecule has 0 radical (unpaired) electrons. The number of hydrogen-bond acceptors (Lipinski definition) is 2. The highest BCUT2D eigenvalue weighted by Gasteiger charge is 1.95. The first kappa shape index (κ1) is 27.2. The van der Waals surface area contributed by atoms with Crippen molar-refractivity contribution in [3.8, 4) is 0 Å². The van der Waals surface area contributed by atoms with Crippen LogP contribution in [0.25, 0.3) is 0 Å². The molecule has 0 aliphatic heterocycles. The van der Waals surface area contributed by atoms with Crippen molar-refractivity contribution >= 4 is 12.4 Å². The van der Waals surface area contributed by atoms with E-state index in [1.165, 1.54) is 103 Å². The van der Waals surface area contributed by atoms with Crippen LogP contribution in [0, 0.1) is 0 Å². The second kappa shape index (κ2) is 23.9. The van der Waals surface area contributed by atoms with Crippen LogP contribution < -0.4 is 5.84 Å². The molecule has 0 fully saturated rings. The van der Waals surface area contributed by atoms with Crippen LogP contribution in [-0.4, -0.2) is 18.1 Å². The van der Waals surface area contributed by atoms with Crippen LogP contribution >= 0.6 is 12.4 Å². The Labute approximate surface area is 165 Å². The van der Waals surface area contributed by atoms with Crippen molar-refractivity contribution in [3.05, 3.63) is 12.2 Å². The molecule has 0 aromatic carbocycles. The summed E-state index contributed by atoms with van der Waals surface area (Å²) in [5.41, 5.74) is 0. The third kappa shape index (κ3) is 24.0. The molecule has 0 heterocycles. The smallest absolute Gasteiger partial charge is 0.0128 e. The van der Waals surface area contributed by atoms with Gasteiger partial charge in [-0.1, -0.05) is 96.6 Å². The monoisotopic (exact) mass is 374 g/mol. The lowest BCUT2D eigenvalue weighted by molar-refractivity contribution is 0.290. The van der Waals surface area contributed by atoms with Crippen LogP contribution in [0.3, 0.4) is 0 Å². The van der Waals surface area contributed by atoms with Gasteiger partial charge in [-0.2, -0.15) is 0 Å². The molecule has 0 bridgehead atoms. The van der Waals surface area contributed by atoms with E-state index in [1.807, 2.05) is 5.01 Å². The van der Waals surface area contributed by atoms with Gasteiger partial charge >= 0.3 is 0 Å². The van der Waals surface area contributed by atoms with E-state index in [0.29, 0.717) is 0 Å². The molecule has 2 nitrogen and oxygen atoms in total. The predicted molar refractivity (Wildman–Crippen MR) is 117 cm³/mol. The summed E-state index contributed by atoms with van der Waals surface area (Å²) in [6, 6.07) is 0. The number of halogens is 1. The van der Waals surface area contributed by atoms with Crippen molar-refractivity contribution in [2.75, 3.05) is 13.1 Å². The SMILES string of the molecule is CCCCCCCCC=CCCCCCCCCCCN(N)CC.Cl. The van der Waals surface area contributed by atoms with Crippen LogP contribution in [0.4, 0.5) is 0 Å². The van der Waals surface area contributed by atoms with E-state index in [2.05, 4.69) is 26.0 Å². The molecule has 0 spiro atoms. The Morgan fingerprint density at radius 1 is 0.600 bits per heavy atom. The lowest BCUT2D eigenvalue weighted by atomic mass is 10.1. The second-order valence-corrected chi connectivity index (χ2v) is 7.27. The Morgan fingerprint density at radius 3 is 1.44 bits per heavy atom. The number of rotatable bonds is 19. The number of hydrazine groups is 1. The molecule has 0 atom stereocenters. The molecular weight excluding hydrogens is 328 g/mol. The number of unbranched alkanes of at least 4 members (excludes halogenated alkanes) is 14. The summed E-state index contributed by atoms with van der Waals surface area (Å²) >= 11 is 0. The van der Waals surface area contributed by atoms with Gasteiger partial charge in [0.25, 0.3) is 0 Å². The van der Waals surface area contributed by atoms with E-state index >= 15 is 0 Å². The van der Waals surface area contributed by atoms with Crippen molar-refractivity contribution in [2.24, 2.45) is 5.84 Å². The zero-order valence-electron chi connectivity index (χ0n) is 17.3. The van der Waals surface area contributed by atoms with Gasteiger partial charge in [-0.25, -0.2) is 5.01 Å². The molecule has 3 heteroatoms. The van der Waals surface area contributed by atoms with Crippen LogP contribution in [0.5, 0.6) is 0 Å². The molecule has 0 saturated heterocycles. The van der Waals surface area contributed by atoms with E-state index in [1.54, 1.807) is 0 Å². The lowest BCUT2D eigenvalue weighted by Crippen LogP contribution is -2.31. The van der Waals surface area contributed by atoms with Crippen LogP contribution in [0.2, 0.25) is 0 Å². The first-order chi connectivity index (χ1) is 11.8. The molecule has 0 unspecified atom stereocenters. The number of allylic oxidation sites excluding steroid dienone is 2. The average Bonchev–Trinajstić information content (AvgIpc) is 2.60. The molecular formula is C22H47ClN2. The quantitative estimate of drug-likeness (QED) is 0.110. The first-order valence-corrected chi connectivity index (χ1v) is 11.0. The zero-order valence-corrected chi connectivity index (χ0v) is 18.1. The molecule has 0 amide bonds. The summed E-state index contributed by atoms with van der Waals surface area (Å²) in [6.07, 6.45) is 26.9. The van der Waals surface area contributed by atoms with Gasteiger partial charge in [-0.15, -0.1) is 12.4 Å². The van der Waals surface area contributed by atoms with E-state index in [-0.39, 0.29) is 12.4 Å². The molecule has 0 aliphatic carbocycles. The largest absolute Gasteiger partial charge is 0.269 e. The van der Waals surface area contributed by atoms with Crippen molar-refractivity contribution in [3.63, 3.8) is 0 Å². The third-order valence-electron chi connectivity index (χ3n) is 4.86. The van der Waals surface area contributed by atoms with E-state index < -0.39 is 0 Å². The third-order valence-corrected chi connectivity index (χ3v) is 4.86. The fourth-order valence-corrected chi connectivity index (χ4v) is 3.07. The van der Waals surface area contributed by atoms with Gasteiger partial charge in [-0.3, -0.25) is 5.84 Å². The van der Waals surface area contributed by atoms with Crippen molar-refractivity contribution in [1.29, 1.82) is 0 Å². The summed E-state index contributed by atoms with van der Waals surface area (Å²) in [4.78, 5) is 0. The van der Waals surface area contributed by atoms with Crippen LogP contribution in [-0.2, 0) is 0 Å². The highest BCUT2D eigenvalue weighted by atomic mass is 35.5. The summed E-state index contributed by atoms with van der Waals surface area (Å²) in [5.74, 6) is 5.77. The highest BCUT2D eigenvalue weighted by molar-refractivity contribution is 5.85. The number of hydrogen-bond donors (Lipinski definition) is 1. The Bertz CT molecular complexity index is 256. The summed E-state index contributed by atoms with van der Waals surface area (Å²) in [5, 5.41) is 1.92. The summed E-state index contributed by atoms with van der Waals surface area (Å²) < 4.78 is 0. The van der Waals surface area contributed by atoms with Gasteiger partial charge in [0, 0.05) is 13.1 Å². The van der Waals surface area contributed by atoms with Crippen molar-refractivity contribution in [2.45, 2.75) is 117 Å². The number of nitrogens with zero attached hydrogens (tertiary/aromatic N) is 1. The summed E-state index contributed by atoms with van der Waals surface area (Å²) in [7, 11) is 0. The zero-order chi connectivity index (χ0) is 17.7. The summed E-state index contributed by atoms with van der Waals surface area (Å²) in [6.45, 7) is 6.42. The molecule has 0 aliphatic rings. The van der Waals surface area contributed by atoms with Gasteiger partial charge in [0.1, 0.15) is 0 Å². The molecule has 0 saturated carbocycles. The Morgan fingerprint density at radius 2 is 1.00 bits per heavy atom. The fourth-order valence-electron chi connectivity index (χ4n) is 3.07. The van der Waals surface area contributed by atoms with Crippen molar-refractivity contribution in [1.82, 2.24) is 5.01 Å². The normalized spacial score (nSPS) is 11.4. The van der Waals surface area contributed by atoms with E-state index in [4.69, 9.17) is 5.84 Å². The average molecular weight is 375 g/mol. The number of nitrogens with two attached hydrogens (primary N) is 1. The second-order valence-electron chi connectivity index (χ2n) is 7.27. The lowest BCUT2D eigenvalue weighted by Gasteiger charge is -2.12. The topological polar surface area (TPSA) is 29.3 Å². The molecule has 25 heavy (non-hydrogen) atoms. The maximum Gasteiger partial charge on any atom is 0.0128 e. The van der Waals surface area contributed by atoms with Gasteiger partial charge in [-0.05, 0) is 32.1 Å². The molecule has 152 valence electrons. The van der Waals surface area contributed by atoms with Crippen molar-refractivity contribution < 1.29 is 0 Å². The minimum Gasteiger partial charge on any atom is -0.269 e. The van der Waals surface area contributed by atoms with Gasteiger partial charge < -0.3 is 0 Å². The Hall–Kier alpha value is -0.0500. The maximum atomic E-state index is 5.77. The van der Waals surface area contributed by atoms with Gasteiger partial charge in [0.15, 0.2) is 0 Å². The van der Waals surface area contributed by atoms with Crippen LogP contribution in [0.15, 0.2) is 12.2 Å². The van der Waals surface area contributed by atoms with Gasteiger partial charge in [0.2, 0.25) is 0 Å². The fraction of sp³-hybridized carbons (Fsp3) is 0.909. The van der Waals surface area contributed by atoms with E-state index in [9.17, 15) is 0 Å². The van der Waals surface area contributed by atoms with Crippen LogP contribution in [0.1, 0.15) is 117 Å². The van der Waals surface area contributed by atoms with Gasteiger partial charge in [0.05, 0.1) is 0 Å². The maximum absolute atomic E-state index is 5.77. The molecule has 0 aromatic rings. The minimum atomic E-state index is 0. The predicted octanol–water partition coefficient (Wildman–Crippen LogP) is 7.42. The minimum absolute atomic E-state index is 0. The molecule has 2 N–H and O–H groups in total. The molecule has 0 rings (SSSR count). The Balaban J connectivity index is 0. The highest BCUT2D eigenvalue weighted by Crippen LogP contribution is 2.11. The standard InChI is InChI=1S/C22H46N2.ClH/c1-3-5-6-7-8-9-10-11-12-13-14-15-16-17-18-19-20-21-22-24(23)4-2;/h11-12H,3-10,13-23H2,1-2H3;1H. The first-order valence-electron chi connectivity index (χ1n) is 11.0. The van der Waals surface area contributed by atoms with E-state index in [0.717, 1.165) is 13.1 Å².